The van der Waals surface area contributed by atoms with Crippen LogP contribution in [0.4, 0.5) is 0 Å². The van der Waals surface area contributed by atoms with Gasteiger partial charge < -0.3 is 5.32 Å². The Morgan fingerprint density at radius 1 is 1.31 bits per heavy atom. The summed E-state index contributed by atoms with van der Waals surface area (Å²) in [5, 5.41) is 11.7. The second kappa shape index (κ2) is 6.83. The molecule has 3 nitrogen and oxygen atoms in total. The number of thioether (sulfide) groups is 2. The molecule has 0 aliphatic heterocycles. The van der Waals surface area contributed by atoms with Crippen LogP contribution in [0.2, 0.25) is 0 Å². The van der Waals surface area contributed by atoms with Gasteiger partial charge >= 0.3 is 0 Å². The van der Waals surface area contributed by atoms with Gasteiger partial charge in [0, 0.05) is 17.8 Å². The molecule has 1 N–H and O–H groups in total. The van der Waals surface area contributed by atoms with Crippen LogP contribution in [0, 0.1) is 0 Å². The first-order chi connectivity index (χ1) is 7.57. The Morgan fingerprint density at radius 3 is 2.56 bits per heavy atom. The van der Waals surface area contributed by atoms with Crippen molar-refractivity contribution in [2.45, 2.75) is 41.4 Å². The van der Waals surface area contributed by atoms with E-state index in [4.69, 9.17) is 0 Å². The fourth-order valence-corrected chi connectivity index (χ4v) is 3.35. The maximum atomic E-state index is 4.12. The summed E-state index contributed by atoms with van der Waals surface area (Å²) in [6.45, 7) is 7.68. The van der Waals surface area contributed by atoms with Gasteiger partial charge in [0.1, 0.15) is 0 Å². The smallest absolute Gasteiger partial charge is 0.175 e. The fraction of sp³-hybridized carbons (Fsp3) is 0.800. The van der Waals surface area contributed by atoms with Crippen molar-refractivity contribution in [3.05, 3.63) is 0 Å². The molecule has 0 aromatic carbocycles. The van der Waals surface area contributed by atoms with Crippen molar-refractivity contribution in [3.63, 3.8) is 0 Å². The van der Waals surface area contributed by atoms with Gasteiger partial charge in [-0.3, -0.25) is 0 Å². The van der Waals surface area contributed by atoms with Gasteiger partial charge in [-0.1, -0.05) is 41.8 Å². The minimum absolute atomic E-state index is 0.242. The van der Waals surface area contributed by atoms with Crippen LogP contribution < -0.4 is 5.32 Å². The molecule has 0 unspecified atom stereocenters. The van der Waals surface area contributed by atoms with E-state index in [1.807, 2.05) is 6.26 Å². The zero-order chi connectivity index (χ0) is 12.0. The van der Waals surface area contributed by atoms with E-state index in [-0.39, 0.29) is 5.54 Å². The third kappa shape index (κ3) is 5.03. The molecule has 0 amide bonds. The van der Waals surface area contributed by atoms with E-state index in [9.17, 15) is 0 Å². The SMILES string of the molecule is CCC(C)(C)NCCSc1nnc(SC)s1. The van der Waals surface area contributed by atoms with E-state index in [2.05, 4.69) is 36.3 Å². The molecule has 16 heavy (non-hydrogen) atoms. The monoisotopic (exact) mass is 277 g/mol. The highest BCUT2D eigenvalue weighted by Gasteiger charge is 2.13. The Balaban J connectivity index is 2.20. The standard InChI is InChI=1S/C10H19N3S3/c1-5-10(2,3)11-6-7-15-9-13-12-8(14-4)16-9/h11H,5-7H2,1-4H3. The first-order valence-electron chi connectivity index (χ1n) is 5.32. The molecule has 0 saturated heterocycles. The summed E-state index contributed by atoms with van der Waals surface area (Å²) in [7, 11) is 0. The molecule has 0 bridgehead atoms. The van der Waals surface area contributed by atoms with Crippen LogP contribution in [0.3, 0.4) is 0 Å². The van der Waals surface area contributed by atoms with Crippen LogP contribution in [0.25, 0.3) is 0 Å². The average molecular weight is 277 g/mol. The number of nitrogens with zero attached hydrogens (tertiary/aromatic N) is 2. The van der Waals surface area contributed by atoms with E-state index >= 15 is 0 Å². The van der Waals surface area contributed by atoms with Gasteiger partial charge in [-0.25, -0.2) is 0 Å². The molecule has 0 radical (unpaired) electrons. The molecule has 1 heterocycles. The normalized spacial score (nSPS) is 12.0. The van der Waals surface area contributed by atoms with Crippen molar-refractivity contribution in [3.8, 4) is 0 Å². The van der Waals surface area contributed by atoms with Crippen molar-refractivity contribution in [1.82, 2.24) is 15.5 Å². The van der Waals surface area contributed by atoms with Crippen LogP contribution in [-0.2, 0) is 0 Å². The van der Waals surface area contributed by atoms with Gasteiger partial charge in [0.05, 0.1) is 0 Å². The largest absolute Gasteiger partial charge is 0.311 e. The Morgan fingerprint density at radius 2 is 2.00 bits per heavy atom. The molecule has 1 aromatic heterocycles. The summed E-state index contributed by atoms with van der Waals surface area (Å²) in [5.41, 5.74) is 0.242. The van der Waals surface area contributed by atoms with E-state index < -0.39 is 0 Å². The lowest BCUT2D eigenvalue weighted by Gasteiger charge is -2.24. The first kappa shape index (κ1) is 14.3. The second-order valence-corrected chi connectivity index (χ2v) is 7.42. The molecule has 0 fully saturated rings. The summed E-state index contributed by atoms with van der Waals surface area (Å²) in [6.07, 6.45) is 3.17. The Kier molecular flexibility index (Phi) is 6.10. The minimum atomic E-state index is 0.242. The third-order valence-corrected chi connectivity index (χ3v) is 5.41. The molecule has 0 aliphatic carbocycles. The fourth-order valence-electron chi connectivity index (χ4n) is 0.991. The molecule has 1 rings (SSSR count). The molecular formula is C10H19N3S3. The molecule has 0 aliphatic rings. The van der Waals surface area contributed by atoms with E-state index in [1.165, 1.54) is 0 Å². The molecule has 0 spiro atoms. The topological polar surface area (TPSA) is 37.8 Å². The Bertz CT molecular complexity index is 312. The van der Waals surface area contributed by atoms with E-state index in [0.29, 0.717) is 0 Å². The molecule has 1 aromatic rings. The van der Waals surface area contributed by atoms with Crippen LogP contribution in [0.5, 0.6) is 0 Å². The van der Waals surface area contributed by atoms with Gasteiger partial charge in [-0.05, 0) is 26.5 Å². The Labute approximate surface area is 110 Å². The van der Waals surface area contributed by atoms with Crippen molar-refractivity contribution in [2.75, 3.05) is 18.6 Å². The van der Waals surface area contributed by atoms with Gasteiger partial charge in [0.15, 0.2) is 8.68 Å². The zero-order valence-electron chi connectivity index (χ0n) is 10.2. The summed E-state index contributed by atoms with van der Waals surface area (Å²) in [6, 6.07) is 0. The number of rotatable bonds is 7. The highest BCUT2D eigenvalue weighted by Crippen LogP contribution is 2.26. The highest BCUT2D eigenvalue weighted by atomic mass is 32.2. The zero-order valence-corrected chi connectivity index (χ0v) is 12.7. The van der Waals surface area contributed by atoms with E-state index in [1.54, 1.807) is 34.9 Å². The van der Waals surface area contributed by atoms with Crippen LogP contribution in [-0.4, -0.2) is 34.3 Å². The van der Waals surface area contributed by atoms with Gasteiger partial charge in [0.25, 0.3) is 0 Å². The van der Waals surface area contributed by atoms with Crippen LogP contribution in [0.1, 0.15) is 27.2 Å². The van der Waals surface area contributed by atoms with Crippen molar-refractivity contribution < 1.29 is 0 Å². The van der Waals surface area contributed by atoms with Crippen LogP contribution >= 0.6 is 34.9 Å². The predicted molar refractivity (Wildman–Crippen MR) is 74.8 cm³/mol. The van der Waals surface area contributed by atoms with Gasteiger partial charge in [0.2, 0.25) is 0 Å². The number of aromatic nitrogens is 2. The maximum Gasteiger partial charge on any atom is 0.175 e. The maximum absolute atomic E-state index is 4.12. The summed E-state index contributed by atoms with van der Waals surface area (Å²) >= 11 is 5.10. The molecule has 0 atom stereocenters. The summed E-state index contributed by atoms with van der Waals surface area (Å²) < 4.78 is 2.12. The third-order valence-electron chi connectivity index (χ3n) is 2.38. The Hall–Kier alpha value is 0.220. The number of hydrogen-bond acceptors (Lipinski definition) is 6. The van der Waals surface area contributed by atoms with Gasteiger partial charge in [-0.15, -0.1) is 10.2 Å². The first-order valence-corrected chi connectivity index (χ1v) is 8.35. The summed E-state index contributed by atoms with van der Waals surface area (Å²) in [5.74, 6) is 1.05. The number of nitrogens with one attached hydrogen (secondary N) is 1. The van der Waals surface area contributed by atoms with Crippen LogP contribution in [0.15, 0.2) is 8.68 Å². The van der Waals surface area contributed by atoms with Crippen molar-refractivity contribution in [1.29, 1.82) is 0 Å². The number of hydrogen-bond donors (Lipinski definition) is 1. The average Bonchev–Trinajstić information content (AvgIpc) is 2.72. The summed E-state index contributed by atoms with van der Waals surface area (Å²) in [4.78, 5) is 0. The van der Waals surface area contributed by atoms with Crippen molar-refractivity contribution >= 4 is 34.9 Å². The molecule has 92 valence electrons. The van der Waals surface area contributed by atoms with Crippen molar-refractivity contribution in [2.24, 2.45) is 0 Å². The van der Waals surface area contributed by atoms with E-state index in [0.717, 1.165) is 27.4 Å². The second-order valence-electron chi connectivity index (χ2n) is 4.05. The van der Waals surface area contributed by atoms with Gasteiger partial charge in [-0.2, -0.15) is 0 Å². The lowest BCUT2D eigenvalue weighted by molar-refractivity contribution is 0.388. The molecule has 0 saturated carbocycles. The molecule has 6 heteroatoms. The minimum Gasteiger partial charge on any atom is -0.311 e. The lowest BCUT2D eigenvalue weighted by Crippen LogP contribution is -2.39. The molecular weight excluding hydrogens is 258 g/mol. The highest BCUT2D eigenvalue weighted by molar-refractivity contribution is 8.02. The quantitative estimate of drug-likeness (QED) is 0.612. The lowest BCUT2D eigenvalue weighted by atomic mass is 10.0. The predicted octanol–water partition coefficient (Wildman–Crippen LogP) is 3.13.